The fourth-order valence-corrected chi connectivity index (χ4v) is 1.80. The van der Waals surface area contributed by atoms with E-state index in [9.17, 15) is 9.18 Å². The molecule has 1 aromatic heterocycles. The van der Waals surface area contributed by atoms with Gasteiger partial charge in [0, 0.05) is 5.69 Å². The van der Waals surface area contributed by atoms with Crippen molar-refractivity contribution in [2.24, 2.45) is 0 Å². The lowest BCUT2D eigenvalue weighted by molar-refractivity contribution is 0.101. The number of carbonyl (C=O) groups excluding carboxylic acids is 1. The van der Waals surface area contributed by atoms with E-state index in [4.69, 9.17) is 0 Å². The van der Waals surface area contributed by atoms with E-state index in [1.54, 1.807) is 12.1 Å². The molecule has 0 fully saturated rings. The number of nitrogens with zero attached hydrogens (tertiary/aromatic N) is 1. The number of fused-ring (bicyclic) bond motifs is 1. The smallest absolute Gasteiger partial charge is 0.291 e. The fraction of sp³-hybridized carbons (Fsp3) is 0. The van der Waals surface area contributed by atoms with Crippen molar-refractivity contribution >= 4 is 22.6 Å². The van der Waals surface area contributed by atoms with Crippen molar-refractivity contribution in [2.45, 2.75) is 0 Å². The first kappa shape index (κ1) is 11.4. The normalized spacial score (nSPS) is 10.6. The zero-order chi connectivity index (χ0) is 13.2. The monoisotopic (exact) mass is 255 g/mol. The molecule has 2 N–H and O–H groups in total. The Balaban J connectivity index is 1.89. The summed E-state index contributed by atoms with van der Waals surface area (Å²) in [4.78, 5) is 18.9. The van der Waals surface area contributed by atoms with Crippen LogP contribution in [0.5, 0.6) is 0 Å². The number of nitrogens with one attached hydrogen (secondary N) is 2. The number of amides is 1. The molecule has 0 aliphatic rings. The molecule has 0 bridgehead atoms. The standard InChI is InChI=1S/C14H10FN3O/c15-9-6-7-11-12(8-9)18-13(17-11)14(19)16-10-4-2-1-3-5-10/h1-8H,(H,16,19)(H,17,18). The Hall–Kier alpha value is -2.69. The number of aromatic amines is 1. The topological polar surface area (TPSA) is 57.8 Å². The van der Waals surface area contributed by atoms with Crippen LogP contribution in [0.2, 0.25) is 0 Å². The number of para-hydroxylation sites is 1. The molecule has 0 spiro atoms. The quantitative estimate of drug-likeness (QED) is 0.739. The molecule has 3 rings (SSSR count). The summed E-state index contributed by atoms with van der Waals surface area (Å²) < 4.78 is 13.0. The van der Waals surface area contributed by atoms with Gasteiger partial charge in [-0.25, -0.2) is 9.37 Å². The van der Waals surface area contributed by atoms with E-state index in [2.05, 4.69) is 15.3 Å². The van der Waals surface area contributed by atoms with Crippen LogP contribution >= 0.6 is 0 Å². The lowest BCUT2D eigenvalue weighted by atomic mass is 10.3. The molecule has 0 radical (unpaired) electrons. The highest BCUT2D eigenvalue weighted by Crippen LogP contribution is 2.14. The minimum absolute atomic E-state index is 0.157. The average Bonchev–Trinajstić information content (AvgIpc) is 2.83. The first-order valence-corrected chi connectivity index (χ1v) is 5.74. The van der Waals surface area contributed by atoms with Crippen LogP contribution in [0.1, 0.15) is 10.6 Å². The van der Waals surface area contributed by atoms with E-state index in [-0.39, 0.29) is 17.5 Å². The van der Waals surface area contributed by atoms with Crippen LogP contribution in [-0.2, 0) is 0 Å². The van der Waals surface area contributed by atoms with Gasteiger partial charge >= 0.3 is 0 Å². The highest BCUT2D eigenvalue weighted by molar-refractivity contribution is 6.03. The number of H-pyrrole nitrogens is 1. The van der Waals surface area contributed by atoms with Gasteiger partial charge in [0.1, 0.15) is 5.82 Å². The molecule has 0 saturated carbocycles. The van der Waals surface area contributed by atoms with Crippen LogP contribution in [0.25, 0.3) is 11.0 Å². The number of aromatic nitrogens is 2. The third-order valence-corrected chi connectivity index (χ3v) is 2.69. The van der Waals surface area contributed by atoms with Crippen LogP contribution < -0.4 is 5.32 Å². The Morgan fingerprint density at radius 3 is 2.74 bits per heavy atom. The minimum Gasteiger partial charge on any atom is -0.334 e. The van der Waals surface area contributed by atoms with Gasteiger partial charge in [-0.2, -0.15) is 0 Å². The summed E-state index contributed by atoms with van der Waals surface area (Å²) in [6.45, 7) is 0. The van der Waals surface area contributed by atoms with Gasteiger partial charge in [0.2, 0.25) is 0 Å². The molecule has 4 nitrogen and oxygen atoms in total. The SMILES string of the molecule is O=C(Nc1ccccc1)c1nc2ccc(F)cc2[nH]1. The van der Waals surface area contributed by atoms with E-state index in [0.29, 0.717) is 16.7 Å². The second-order valence-corrected chi connectivity index (χ2v) is 4.07. The van der Waals surface area contributed by atoms with Crippen molar-refractivity contribution in [1.82, 2.24) is 9.97 Å². The van der Waals surface area contributed by atoms with Gasteiger partial charge in [0.05, 0.1) is 11.0 Å². The third kappa shape index (κ3) is 2.30. The molecule has 5 heteroatoms. The van der Waals surface area contributed by atoms with Crippen molar-refractivity contribution in [2.75, 3.05) is 5.32 Å². The van der Waals surface area contributed by atoms with Crippen LogP contribution in [-0.4, -0.2) is 15.9 Å². The minimum atomic E-state index is -0.369. The second kappa shape index (κ2) is 4.53. The highest BCUT2D eigenvalue weighted by atomic mass is 19.1. The van der Waals surface area contributed by atoms with Gasteiger partial charge in [-0.05, 0) is 30.3 Å². The number of benzene rings is 2. The van der Waals surface area contributed by atoms with E-state index >= 15 is 0 Å². The number of hydrogen-bond donors (Lipinski definition) is 2. The Bertz CT molecular complexity index is 737. The molecule has 0 saturated heterocycles. The Morgan fingerprint density at radius 1 is 1.16 bits per heavy atom. The summed E-state index contributed by atoms with van der Waals surface area (Å²) in [5.41, 5.74) is 1.73. The first-order valence-electron chi connectivity index (χ1n) is 5.74. The van der Waals surface area contributed by atoms with E-state index in [1.165, 1.54) is 18.2 Å². The van der Waals surface area contributed by atoms with Gasteiger partial charge < -0.3 is 10.3 Å². The molecule has 0 atom stereocenters. The molecule has 19 heavy (non-hydrogen) atoms. The number of carbonyl (C=O) groups is 1. The summed E-state index contributed by atoms with van der Waals surface area (Å²) in [5.74, 6) is -0.571. The largest absolute Gasteiger partial charge is 0.334 e. The molecular formula is C14H10FN3O. The second-order valence-electron chi connectivity index (χ2n) is 4.07. The van der Waals surface area contributed by atoms with E-state index in [1.807, 2.05) is 18.2 Å². The Morgan fingerprint density at radius 2 is 1.95 bits per heavy atom. The van der Waals surface area contributed by atoms with Crippen molar-refractivity contribution < 1.29 is 9.18 Å². The molecule has 1 heterocycles. The Labute approximate surface area is 108 Å². The van der Waals surface area contributed by atoms with E-state index in [0.717, 1.165) is 0 Å². The van der Waals surface area contributed by atoms with Gasteiger partial charge in [0.25, 0.3) is 5.91 Å². The molecule has 0 aliphatic carbocycles. The maximum absolute atomic E-state index is 13.0. The molecular weight excluding hydrogens is 245 g/mol. The number of rotatable bonds is 2. The zero-order valence-electron chi connectivity index (χ0n) is 9.85. The summed E-state index contributed by atoms with van der Waals surface area (Å²) in [5, 5.41) is 2.71. The Kier molecular flexibility index (Phi) is 2.72. The third-order valence-electron chi connectivity index (χ3n) is 2.69. The van der Waals surface area contributed by atoms with Gasteiger partial charge in [-0.1, -0.05) is 18.2 Å². The van der Waals surface area contributed by atoms with Crippen molar-refractivity contribution in [3.8, 4) is 0 Å². The van der Waals surface area contributed by atoms with E-state index < -0.39 is 0 Å². The number of imidazole rings is 1. The molecule has 3 aromatic rings. The summed E-state index contributed by atoms with van der Waals surface area (Å²) in [7, 11) is 0. The fourth-order valence-electron chi connectivity index (χ4n) is 1.80. The number of anilines is 1. The van der Waals surface area contributed by atoms with Crippen LogP contribution in [0.15, 0.2) is 48.5 Å². The van der Waals surface area contributed by atoms with Gasteiger partial charge in [-0.15, -0.1) is 0 Å². The first-order chi connectivity index (χ1) is 9.22. The van der Waals surface area contributed by atoms with Crippen molar-refractivity contribution in [3.05, 3.63) is 60.2 Å². The van der Waals surface area contributed by atoms with Gasteiger partial charge in [0.15, 0.2) is 5.82 Å². The van der Waals surface area contributed by atoms with Crippen molar-refractivity contribution in [1.29, 1.82) is 0 Å². The number of hydrogen-bond acceptors (Lipinski definition) is 2. The molecule has 0 aliphatic heterocycles. The summed E-state index contributed by atoms with van der Waals surface area (Å²) in [6, 6.07) is 13.2. The van der Waals surface area contributed by atoms with Crippen LogP contribution in [0.3, 0.4) is 0 Å². The summed E-state index contributed by atoms with van der Waals surface area (Å²) in [6.07, 6.45) is 0. The molecule has 0 unspecified atom stereocenters. The number of halogens is 1. The predicted octanol–water partition coefficient (Wildman–Crippen LogP) is 2.95. The highest BCUT2D eigenvalue weighted by Gasteiger charge is 2.11. The maximum Gasteiger partial charge on any atom is 0.291 e. The predicted molar refractivity (Wildman–Crippen MR) is 70.4 cm³/mol. The average molecular weight is 255 g/mol. The van der Waals surface area contributed by atoms with Crippen LogP contribution in [0.4, 0.5) is 10.1 Å². The summed E-state index contributed by atoms with van der Waals surface area (Å²) >= 11 is 0. The molecule has 2 aromatic carbocycles. The van der Waals surface area contributed by atoms with Crippen LogP contribution in [0, 0.1) is 5.82 Å². The lowest BCUT2D eigenvalue weighted by Gasteiger charge is -2.01. The van der Waals surface area contributed by atoms with Gasteiger partial charge in [-0.3, -0.25) is 4.79 Å². The zero-order valence-corrected chi connectivity index (χ0v) is 9.85. The molecule has 94 valence electrons. The molecule has 1 amide bonds. The lowest BCUT2D eigenvalue weighted by Crippen LogP contribution is -2.13. The van der Waals surface area contributed by atoms with Crippen molar-refractivity contribution in [3.63, 3.8) is 0 Å². The maximum atomic E-state index is 13.0.